The van der Waals surface area contributed by atoms with Crippen LogP contribution in [0.2, 0.25) is 5.02 Å². The fourth-order valence-corrected chi connectivity index (χ4v) is 5.53. The van der Waals surface area contributed by atoms with Gasteiger partial charge in [0.05, 0.1) is 16.8 Å². The average molecular weight is 542 g/mol. The minimum Gasteiger partial charge on any atom is -0.374 e. The highest BCUT2D eigenvalue weighted by molar-refractivity contribution is 6.30. The average Bonchev–Trinajstić information content (AvgIpc) is 3.56. The van der Waals surface area contributed by atoms with Crippen molar-refractivity contribution in [3.8, 4) is 0 Å². The Bertz CT molecular complexity index is 1290. The van der Waals surface area contributed by atoms with Gasteiger partial charge in [-0.1, -0.05) is 35.0 Å². The smallest absolute Gasteiger partial charge is 0.374 e. The lowest BCUT2D eigenvalue weighted by atomic mass is 9.84. The summed E-state index contributed by atoms with van der Waals surface area (Å²) in [5.41, 5.74) is -0.535. The summed E-state index contributed by atoms with van der Waals surface area (Å²) in [6, 6.07) is 5.28. The van der Waals surface area contributed by atoms with E-state index in [1.54, 1.807) is 12.1 Å². The van der Waals surface area contributed by atoms with Gasteiger partial charge in [-0.05, 0) is 48.1 Å². The van der Waals surface area contributed by atoms with Gasteiger partial charge in [0, 0.05) is 31.0 Å². The van der Waals surface area contributed by atoms with Crippen molar-refractivity contribution in [1.29, 1.82) is 0 Å². The number of carbonyl (C=O) groups excluding carboxylic acids is 1. The second-order valence-electron chi connectivity index (χ2n) is 9.57. The van der Waals surface area contributed by atoms with Crippen LogP contribution in [0.25, 0.3) is 0 Å². The molecule has 4 atom stereocenters. The maximum absolute atomic E-state index is 14.3. The molecule has 0 spiro atoms. The van der Waals surface area contributed by atoms with Gasteiger partial charge in [0.25, 0.3) is 5.60 Å². The summed E-state index contributed by atoms with van der Waals surface area (Å²) in [5.74, 6) is -1.10. The number of amides is 1. The summed E-state index contributed by atoms with van der Waals surface area (Å²) in [4.78, 5) is 18.1. The van der Waals surface area contributed by atoms with E-state index in [-0.39, 0.29) is 23.6 Å². The van der Waals surface area contributed by atoms with Crippen LogP contribution in [0.15, 0.2) is 35.5 Å². The molecule has 2 aliphatic heterocycles. The second-order valence-corrected chi connectivity index (χ2v) is 9.98. The molecule has 0 saturated carbocycles. The summed E-state index contributed by atoms with van der Waals surface area (Å²) in [5, 5.41) is 27.4. The number of nitrogens with zero attached hydrogens (tertiary/aromatic N) is 2. The number of hydrogen-bond acceptors (Lipinski definition) is 6. The Morgan fingerprint density at radius 3 is 2.62 bits per heavy atom. The molecule has 37 heavy (non-hydrogen) atoms. The van der Waals surface area contributed by atoms with Crippen LogP contribution in [-0.2, 0) is 28.1 Å². The predicted octanol–water partition coefficient (Wildman–Crippen LogP) is 3.68. The molecule has 3 aliphatic rings. The zero-order chi connectivity index (χ0) is 26.7. The molecule has 1 fully saturated rings. The number of carbonyl (C=O) groups is 1. The normalized spacial score (nSPS) is 26.3. The topological polar surface area (TPSA) is 94.4 Å². The molecule has 1 aliphatic carbocycles. The Kier molecular flexibility index (Phi) is 6.46. The molecule has 0 bridgehead atoms. The summed E-state index contributed by atoms with van der Waals surface area (Å²) in [6.07, 6.45) is -5.87. The highest BCUT2D eigenvalue weighted by Gasteiger charge is 2.62. The maximum Gasteiger partial charge on any atom is 0.435 e. The quantitative estimate of drug-likeness (QED) is 0.397. The SMILES string of the molecule is CN1C(=O)CC(NC(O)c2ccc(C3=NOC(c4ccc(F)c(Cl)c4)(C(F)(F)F)C3)c3c2CCC3)C1O. The van der Waals surface area contributed by atoms with Gasteiger partial charge in [-0.3, -0.25) is 10.1 Å². The molecule has 3 N–H and O–H groups in total. The third-order valence-electron chi connectivity index (χ3n) is 7.41. The molecule has 2 aromatic rings. The number of alkyl halides is 3. The van der Waals surface area contributed by atoms with Gasteiger partial charge >= 0.3 is 6.18 Å². The lowest BCUT2D eigenvalue weighted by Gasteiger charge is -2.29. The van der Waals surface area contributed by atoms with Gasteiger partial charge in [0.15, 0.2) is 0 Å². The van der Waals surface area contributed by atoms with Crippen molar-refractivity contribution in [3.05, 3.63) is 69.0 Å². The number of nitrogens with one attached hydrogen (secondary N) is 1. The number of fused-ring (bicyclic) bond motifs is 1. The van der Waals surface area contributed by atoms with Crippen molar-refractivity contribution in [2.24, 2.45) is 5.16 Å². The first kappa shape index (κ1) is 25.9. The molecule has 1 saturated heterocycles. The van der Waals surface area contributed by atoms with E-state index in [4.69, 9.17) is 16.4 Å². The molecule has 1 amide bonds. The Morgan fingerprint density at radius 2 is 1.97 bits per heavy atom. The number of aliphatic hydroxyl groups is 2. The first-order valence-electron chi connectivity index (χ1n) is 11.7. The Balaban J connectivity index is 1.44. The molecule has 7 nitrogen and oxygen atoms in total. The van der Waals surface area contributed by atoms with Gasteiger partial charge in [0.2, 0.25) is 5.91 Å². The number of oxime groups is 1. The summed E-state index contributed by atoms with van der Waals surface area (Å²) in [7, 11) is 1.47. The summed E-state index contributed by atoms with van der Waals surface area (Å²) in [6.45, 7) is 0. The molecule has 198 valence electrons. The lowest BCUT2D eigenvalue weighted by Crippen LogP contribution is -2.43. The van der Waals surface area contributed by atoms with E-state index in [2.05, 4.69) is 10.5 Å². The molecule has 12 heteroatoms. The van der Waals surface area contributed by atoms with Gasteiger partial charge in [-0.2, -0.15) is 13.2 Å². The van der Waals surface area contributed by atoms with E-state index < -0.39 is 47.5 Å². The molecular formula is C25H24ClF4N3O4. The van der Waals surface area contributed by atoms with E-state index in [1.807, 2.05) is 0 Å². The van der Waals surface area contributed by atoms with Crippen molar-refractivity contribution in [2.45, 2.75) is 62.4 Å². The first-order valence-corrected chi connectivity index (χ1v) is 12.1. The fraction of sp³-hybridized carbons (Fsp3) is 0.440. The van der Waals surface area contributed by atoms with Crippen LogP contribution in [0, 0.1) is 5.82 Å². The fourth-order valence-electron chi connectivity index (χ4n) is 5.35. The van der Waals surface area contributed by atoms with Gasteiger partial charge in [-0.15, -0.1) is 0 Å². The highest BCUT2D eigenvalue weighted by Crippen LogP contribution is 2.50. The van der Waals surface area contributed by atoms with Crippen molar-refractivity contribution < 1.29 is 37.4 Å². The van der Waals surface area contributed by atoms with Gasteiger partial charge < -0.3 is 20.0 Å². The maximum atomic E-state index is 14.3. The van der Waals surface area contributed by atoms with Crippen molar-refractivity contribution in [3.63, 3.8) is 0 Å². The molecule has 5 rings (SSSR count). The zero-order valence-corrected chi connectivity index (χ0v) is 20.4. The predicted molar refractivity (Wildman–Crippen MR) is 125 cm³/mol. The van der Waals surface area contributed by atoms with E-state index >= 15 is 0 Å². The van der Waals surface area contributed by atoms with Gasteiger partial charge in [-0.25, -0.2) is 4.39 Å². The van der Waals surface area contributed by atoms with Crippen LogP contribution < -0.4 is 5.32 Å². The van der Waals surface area contributed by atoms with Gasteiger partial charge in [0.1, 0.15) is 18.3 Å². The van der Waals surface area contributed by atoms with Crippen LogP contribution in [0.1, 0.15) is 53.3 Å². The Hall–Kier alpha value is -2.73. The van der Waals surface area contributed by atoms with Crippen LogP contribution in [0.4, 0.5) is 17.6 Å². The minimum absolute atomic E-state index is 0.0239. The van der Waals surface area contributed by atoms with E-state index in [9.17, 15) is 32.6 Å². The zero-order valence-electron chi connectivity index (χ0n) is 19.6. The summed E-state index contributed by atoms with van der Waals surface area (Å²) < 4.78 is 56.6. The van der Waals surface area contributed by atoms with Crippen LogP contribution >= 0.6 is 11.6 Å². The van der Waals surface area contributed by atoms with Crippen molar-refractivity contribution >= 4 is 23.2 Å². The number of rotatable bonds is 5. The molecule has 0 aromatic heterocycles. The standard InChI is InChI=1S/C25H24ClF4N3O4/c1-33-21(34)10-19(23(33)36)31-22(35)16-7-6-15(13-3-2-4-14(13)16)20-11-24(37-32-20,25(28,29)30)12-5-8-18(27)17(26)9-12/h5-9,19,22-23,31,35-36H,2-4,10-11H2,1H3. The second kappa shape index (κ2) is 9.23. The molecule has 0 radical (unpaired) electrons. The van der Waals surface area contributed by atoms with Crippen LogP contribution in [0.3, 0.4) is 0 Å². The molecular weight excluding hydrogens is 518 g/mol. The lowest BCUT2D eigenvalue weighted by molar-refractivity contribution is -0.275. The first-order chi connectivity index (χ1) is 17.4. The number of aliphatic hydroxyl groups excluding tert-OH is 2. The number of likely N-dealkylation sites (N-methyl/N-ethyl adjacent to an activating group) is 1. The number of halogens is 5. The number of hydrogen-bond donors (Lipinski definition) is 3. The molecule has 4 unspecified atom stereocenters. The Morgan fingerprint density at radius 1 is 1.24 bits per heavy atom. The van der Waals surface area contributed by atoms with Crippen molar-refractivity contribution in [2.75, 3.05) is 7.05 Å². The summed E-state index contributed by atoms with van der Waals surface area (Å²) >= 11 is 5.77. The minimum atomic E-state index is -4.87. The Labute approximate surface area is 214 Å². The van der Waals surface area contributed by atoms with Crippen LogP contribution in [0.5, 0.6) is 0 Å². The monoisotopic (exact) mass is 541 g/mol. The molecule has 2 aromatic carbocycles. The van der Waals surface area contributed by atoms with Crippen molar-refractivity contribution in [1.82, 2.24) is 10.2 Å². The highest BCUT2D eigenvalue weighted by atomic mass is 35.5. The third kappa shape index (κ3) is 4.27. The molecule has 2 heterocycles. The third-order valence-corrected chi connectivity index (χ3v) is 7.70. The van der Waals surface area contributed by atoms with Crippen LogP contribution in [-0.4, -0.2) is 52.2 Å². The number of likely N-dealkylation sites (tertiary alicyclic amines) is 1. The largest absolute Gasteiger partial charge is 0.435 e. The van der Waals surface area contributed by atoms with E-state index in [0.29, 0.717) is 24.0 Å². The number of benzene rings is 2. The van der Waals surface area contributed by atoms with E-state index in [1.165, 1.54) is 11.9 Å². The van der Waals surface area contributed by atoms with E-state index in [0.717, 1.165) is 35.7 Å².